The SMILES string of the molecule is [c]1ccc(Sn2ccnc2)cc1. The first-order chi connectivity index (χ1) is 5.95. The zero-order valence-corrected chi connectivity index (χ0v) is 7.16. The van der Waals surface area contributed by atoms with Crippen LogP contribution in [0, 0.1) is 6.07 Å². The van der Waals surface area contributed by atoms with Crippen molar-refractivity contribution in [2.24, 2.45) is 0 Å². The minimum Gasteiger partial charge on any atom is -0.276 e. The smallest absolute Gasteiger partial charge is 0.105 e. The van der Waals surface area contributed by atoms with Crippen molar-refractivity contribution in [3.63, 3.8) is 0 Å². The number of aromatic nitrogens is 2. The van der Waals surface area contributed by atoms with Gasteiger partial charge in [0.1, 0.15) is 6.33 Å². The van der Waals surface area contributed by atoms with Crippen LogP contribution in [0.15, 0.2) is 47.9 Å². The van der Waals surface area contributed by atoms with Gasteiger partial charge in [-0.1, -0.05) is 12.1 Å². The van der Waals surface area contributed by atoms with Crippen molar-refractivity contribution in [1.29, 1.82) is 0 Å². The molecule has 12 heavy (non-hydrogen) atoms. The van der Waals surface area contributed by atoms with Gasteiger partial charge in [0.05, 0.1) is 0 Å². The van der Waals surface area contributed by atoms with Crippen molar-refractivity contribution in [3.05, 3.63) is 49.1 Å². The Bertz CT molecular complexity index is 329. The molecule has 0 unspecified atom stereocenters. The lowest BCUT2D eigenvalue weighted by molar-refractivity contribution is 1.22. The first-order valence-corrected chi connectivity index (χ1v) is 4.35. The molecular weight excluding hydrogens is 168 g/mol. The highest BCUT2D eigenvalue weighted by atomic mass is 32.2. The zero-order chi connectivity index (χ0) is 8.23. The van der Waals surface area contributed by atoms with E-state index >= 15 is 0 Å². The molecule has 0 N–H and O–H groups in total. The van der Waals surface area contributed by atoms with Crippen molar-refractivity contribution >= 4 is 11.9 Å². The second-order valence-electron chi connectivity index (χ2n) is 2.25. The predicted octanol–water partition coefficient (Wildman–Crippen LogP) is 2.24. The maximum atomic E-state index is 3.95. The van der Waals surface area contributed by atoms with E-state index in [4.69, 9.17) is 0 Å². The number of imidazole rings is 1. The third kappa shape index (κ3) is 1.68. The largest absolute Gasteiger partial charge is 0.276 e. The van der Waals surface area contributed by atoms with Crippen LogP contribution < -0.4 is 0 Å². The fraction of sp³-hybridized carbons (Fsp3) is 0. The van der Waals surface area contributed by atoms with Crippen LogP contribution in [0.5, 0.6) is 0 Å². The lowest BCUT2D eigenvalue weighted by Gasteiger charge is -1.98. The van der Waals surface area contributed by atoms with Crippen molar-refractivity contribution < 1.29 is 0 Å². The van der Waals surface area contributed by atoms with E-state index in [1.54, 1.807) is 24.5 Å². The standard InChI is InChI=1S/C9H7N2S/c1-2-4-9(5-3-1)12-11-7-6-10-8-11/h2-8H. The molecule has 3 heteroatoms. The van der Waals surface area contributed by atoms with Crippen molar-refractivity contribution in [2.75, 3.05) is 0 Å². The maximum Gasteiger partial charge on any atom is 0.105 e. The van der Waals surface area contributed by atoms with E-state index in [2.05, 4.69) is 11.1 Å². The normalized spacial score (nSPS) is 10.0. The molecule has 2 aromatic rings. The van der Waals surface area contributed by atoms with Crippen LogP contribution in [0.2, 0.25) is 0 Å². The zero-order valence-electron chi connectivity index (χ0n) is 6.34. The number of benzene rings is 1. The summed E-state index contributed by atoms with van der Waals surface area (Å²) < 4.78 is 1.95. The molecule has 2 nitrogen and oxygen atoms in total. The molecule has 0 amide bonds. The average Bonchev–Trinajstić information content (AvgIpc) is 2.59. The van der Waals surface area contributed by atoms with E-state index in [0.717, 1.165) is 0 Å². The molecule has 0 fully saturated rings. The minimum absolute atomic E-state index is 1.19. The van der Waals surface area contributed by atoms with E-state index in [0.29, 0.717) is 0 Å². The second-order valence-corrected chi connectivity index (χ2v) is 3.33. The molecule has 0 aliphatic rings. The van der Waals surface area contributed by atoms with Gasteiger partial charge < -0.3 is 0 Å². The Morgan fingerprint density at radius 1 is 1.33 bits per heavy atom. The number of hydrogen-bond acceptors (Lipinski definition) is 2. The number of hydrogen-bond donors (Lipinski definition) is 0. The molecule has 0 atom stereocenters. The first-order valence-electron chi connectivity index (χ1n) is 3.57. The summed E-state index contributed by atoms with van der Waals surface area (Å²) in [6, 6.07) is 10.8. The fourth-order valence-corrected chi connectivity index (χ4v) is 1.57. The van der Waals surface area contributed by atoms with Crippen LogP contribution in [-0.4, -0.2) is 8.96 Å². The van der Waals surface area contributed by atoms with Crippen LogP contribution in [0.1, 0.15) is 0 Å². The fourth-order valence-electron chi connectivity index (χ4n) is 0.855. The monoisotopic (exact) mass is 175 g/mol. The molecule has 1 heterocycles. The maximum absolute atomic E-state index is 3.95. The molecule has 0 saturated heterocycles. The van der Waals surface area contributed by atoms with Gasteiger partial charge >= 0.3 is 0 Å². The third-order valence-electron chi connectivity index (χ3n) is 1.38. The topological polar surface area (TPSA) is 17.8 Å². The van der Waals surface area contributed by atoms with Gasteiger partial charge in [-0.2, -0.15) is 0 Å². The summed E-state index contributed by atoms with van der Waals surface area (Å²) >= 11 is 1.63. The Hall–Kier alpha value is -1.22. The van der Waals surface area contributed by atoms with Crippen LogP contribution in [0.4, 0.5) is 0 Å². The van der Waals surface area contributed by atoms with E-state index in [9.17, 15) is 0 Å². The van der Waals surface area contributed by atoms with E-state index in [1.807, 2.05) is 34.4 Å². The van der Waals surface area contributed by atoms with Crippen molar-refractivity contribution in [2.45, 2.75) is 4.90 Å². The first kappa shape index (κ1) is 7.43. The second kappa shape index (κ2) is 3.45. The molecule has 0 saturated carbocycles. The Morgan fingerprint density at radius 3 is 2.83 bits per heavy atom. The minimum atomic E-state index is 1.19. The van der Waals surface area contributed by atoms with Crippen LogP contribution in [0.3, 0.4) is 0 Å². The van der Waals surface area contributed by atoms with Crippen molar-refractivity contribution in [3.8, 4) is 0 Å². The Kier molecular flexibility index (Phi) is 2.14. The van der Waals surface area contributed by atoms with Gasteiger partial charge in [-0.25, -0.2) is 4.98 Å². The summed E-state index contributed by atoms with van der Waals surface area (Å²) in [6.07, 6.45) is 5.46. The number of rotatable bonds is 2. The molecule has 0 bridgehead atoms. The Labute approximate surface area is 75.4 Å². The highest BCUT2D eigenvalue weighted by molar-refractivity contribution is 7.97. The van der Waals surface area contributed by atoms with Gasteiger partial charge in [0.2, 0.25) is 0 Å². The van der Waals surface area contributed by atoms with Gasteiger partial charge in [0.15, 0.2) is 0 Å². The molecule has 0 aliphatic carbocycles. The third-order valence-corrected chi connectivity index (χ3v) is 2.29. The summed E-state index contributed by atoms with van der Waals surface area (Å²) in [5, 5.41) is 0. The van der Waals surface area contributed by atoms with E-state index < -0.39 is 0 Å². The quantitative estimate of drug-likeness (QED) is 0.696. The lowest BCUT2D eigenvalue weighted by Crippen LogP contribution is -1.79. The predicted molar refractivity (Wildman–Crippen MR) is 48.8 cm³/mol. The Morgan fingerprint density at radius 2 is 2.17 bits per heavy atom. The summed E-state index contributed by atoms with van der Waals surface area (Å²) in [4.78, 5) is 5.14. The molecule has 1 aromatic heterocycles. The van der Waals surface area contributed by atoms with Crippen LogP contribution in [-0.2, 0) is 0 Å². The highest BCUT2D eigenvalue weighted by Crippen LogP contribution is 2.17. The molecular formula is C9H7N2S. The summed E-state index contributed by atoms with van der Waals surface area (Å²) in [5.74, 6) is 0. The molecule has 59 valence electrons. The highest BCUT2D eigenvalue weighted by Gasteiger charge is 1.92. The van der Waals surface area contributed by atoms with Gasteiger partial charge in [0.25, 0.3) is 0 Å². The van der Waals surface area contributed by atoms with Crippen molar-refractivity contribution in [1.82, 2.24) is 8.96 Å². The van der Waals surface area contributed by atoms with Gasteiger partial charge in [-0.15, -0.1) is 0 Å². The summed E-state index contributed by atoms with van der Waals surface area (Å²) in [5.41, 5.74) is 0. The number of nitrogens with zero attached hydrogens (tertiary/aromatic N) is 2. The van der Waals surface area contributed by atoms with Crippen LogP contribution in [0.25, 0.3) is 0 Å². The molecule has 0 spiro atoms. The molecule has 0 aliphatic heterocycles. The molecule has 1 radical (unpaired) electrons. The van der Waals surface area contributed by atoms with E-state index in [-0.39, 0.29) is 0 Å². The molecule has 1 aromatic carbocycles. The van der Waals surface area contributed by atoms with Gasteiger partial charge in [-0.3, -0.25) is 3.97 Å². The van der Waals surface area contributed by atoms with Gasteiger partial charge in [0, 0.05) is 17.3 Å². The van der Waals surface area contributed by atoms with E-state index in [1.165, 1.54) is 4.90 Å². The van der Waals surface area contributed by atoms with Gasteiger partial charge in [-0.05, 0) is 30.1 Å². The van der Waals surface area contributed by atoms with Crippen LogP contribution >= 0.6 is 11.9 Å². The Balaban J connectivity index is 2.15. The summed E-state index contributed by atoms with van der Waals surface area (Å²) in [7, 11) is 0. The molecule has 2 rings (SSSR count). The summed E-state index contributed by atoms with van der Waals surface area (Å²) in [6.45, 7) is 0. The average molecular weight is 175 g/mol. The lowest BCUT2D eigenvalue weighted by atomic mass is 10.4.